The summed E-state index contributed by atoms with van der Waals surface area (Å²) in [5, 5.41) is 5.46. The van der Waals surface area contributed by atoms with Gasteiger partial charge < -0.3 is 0 Å². The van der Waals surface area contributed by atoms with Crippen LogP contribution in [-0.4, -0.2) is 48.9 Å². The van der Waals surface area contributed by atoms with Gasteiger partial charge in [0.1, 0.15) is 0 Å². The minimum Gasteiger partial charge on any atom is -0.291 e. The van der Waals surface area contributed by atoms with E-state index in [-0.39, 0.29) is 22.2 Å². The van der Waals surface area contributed by atoms with E-state index in [0.717, 1.165) is 28.2 Å². The van der Waals surface area contributed by atoms with Gasteiger partial charge in [-0.25, -0.2) is 18.5 Å². The highest BCUT2D eigenvalue weighted by molar-refractivity contribution is 7.91. The van der Waals surface area contributed by atoms with E-state index < -0.39 is 20.4 Å². The van der Waals surface area contributed by atoms with Crippen LogP contribution in [0.5, 0.6) is 0 Å². The van der Waals surface area contributed by atoms with Gasteiger partial charge in [0, 0.05) is 18.8 Å². The number of amides is 1. The number of sulfonamides is 1. The molecule has 0 spiro atoms. The molecular weight excluding hydrogens is 480 g/mol. The molecule has 0 radical (unpaired) electrons. The number of hydrogen-bond acceptors (Lipinski definition) is 8. The number of pyridine rings is 1. The number of nitrogens with two attached hydrogens (primary N) is 1. The van der Waals surface area contributed by atoms with Gasteiger partial charge in [-0.15, -0.1) is 0 Å². The Bertz CT molecular complexity index is 1280. The highest BCUT2D eigenvalue weighted by Gasteiger charge is 2.22. The Labute approximate surface area is 189 Å². The van der Waals surface area contributed by atoms with Crippen molar-refractivity contribution >= 4 is 42.8 Å². The number of aromatic nitrogens is 2. The van der Waals surface area contributed by atoms with Crippen LogP contribution in [0.3, 0.4) is 0 Å². The second kappa shape index (κ2) is 10.2. The molecule has 3 aromatic rings. The summed E-state index contributed by atoms with van der Waals surface area (Å²) in [5.74, 6) is -0.199. The third-order valence-corrected chi connectivity index (χ3v) is 6.72. The molecule has 11 nitrogen and oxygen atoms in total. The molecule has 2 heterocycles. The van der Waals surface area contributed by atoms with Crippen molar-refractivity contribution in [3.8, 4) is 11.3 Å². The predicted octanol–water partition coefficient (Wildman–Crippen LogP) is 1.71. The van der Waals surface area contributed by atoms with Gasteiger partial charge >= 0.3 is 10.4 Å². The quantitative estimate of drug-likeness (QED) is 0.439. The topological polar surface area (TPSA) is 181 Å². The molecule has 0 unspecified atom stereocenters. The molecule has 32 heavy (non-hydrogen) atoms. The van der Waals surface area contributed by atoms with Crippen LogP contribution in [0.25, 0.3) is 11.3 Å². The number of likely N-dealkylation sites (N-methyl/N-ethyl adjacent to an activating group) is 1. The Morgan fingerprint density at radius 1 is 1.09 bits per heavy atom. The van der Waals surface area contributed by atoms with Gasteiger partial charge in [0.15, 0.2) is 9.34 Å². The molecule has 4 N–H and O–H groups in total. The van der Waals surface area contributed by atoms with Gasteiger partial charge in [0.25, 0.3) is 0 Å². The number of rotatable bonds is 5. The van der Waals surface area contributed by atoms with E-state index in [2.05, 4.69) is 9.97 Å². The monoisotopic (exact) mass is 500 g/mol. The summed E-state index contributed by atoms with van der Waals surface area (Å²) >= 11 is 0.886. The number of hydrogen-bond donors (Lipinski definition) is 3. The summed E-state index contributed by atoms with van der Waals surface area (Å²) in [6.45, 7) is 1.55. The maximum atomic E-state index is 12.5. The van der Waals surface area contributed by atoms with E-state index in [9.17, 15) is 13.2 Å². The van der Waals surface area contributed by atoms with Gasteiger partial charge in [0.05, 0.1) is 17.8 Å². The summed E-state index contributed by atoms with van der Waals surface area (Å²) in [7, 11) is -6.95. The molecule has 1 amide bonds. The molecule has 1 aromatic carbocycles. The molecule has 0 aliphatic rings. The van der Waals surface area contributed by atoms with Gasteiger partial charge in [-0.05, 0) is 24.6 Å². The Kier molecular flexibility index (Phi) is 8.17. The molecule has 172 valence electrons. The Morgan fingerprint density at radius 2 is 1.69 bits per heavy atom. The van der Waals surface area contributed by atoms with Gasteiger partial charge in [-0.3, -0.25) is 23.8 Å². The molecule has 0 aliphatic carbocycles. The lowest BCUT2D eigenvalue weighted by atomic mass is 10.1. The summed E-state index contributed by atoms with van der Waals surface area (Å²) in [6.07, 6.45) is 1.90. The Morgan fingerprint density at radius 3 is 2.16 bits per heavy atom. The van der Waals surface area contributed by atoms with E-state index in [1.165, 1.54) is 4.90 Å². The number of carbonyl (C=O) groups excluding carboxylic acids is 1. The fraction of sp³-hybridized carbons (Fsp3) is 0.167. The summed E-state index contributed by atoms with van der Waals surface area (Å²) < 4.78 is 54.6. The van der Waals surface area contributed by atoms with Gasteiger partial charge in [-0.2, -0.15) is 8.42 Å². The standard InChI is InChI=1S/C18H18N4O3S2.H2O4S/c1-12-17(27(19,24)25)26-18(21-12)22(2)16(23)11-13-6-8-14(9-7-13)15-5-3-4-10-20-15;1-5(2,3)4/h3-10H,11H2,1-2H3,(H2,19,24,25);(H2,1,2,3,4). The summed E-state index contributed by atoms with van der Waals surface area (Å²) in [6, 6.07) is 13.3. The SMILES string of the molecule is Cc1nc(N(C)C(=O)Cc2ccc(-c3ccccn3)cc2)sc1S(N)(=O)=O.O=S(=O)(O)O. The number of aryl methyl sites for hydroxylation is 1. The molecule has 3 rings (SSSR count). The highest BCUT2D eigenvalue weighted by Crippen LogP contribution is 2.28. The second-order valence-corrected chi connectivity index (χ2v) is 10.0. The summed E-state index contributed by atoms with van der Waals surface area (Å²) in [4.78, 5) is 22.3. The number of primary sulfonamides is 1. The minimum atomic E-state index is -4.67. The molecule has 0 saturated heterocycles. The zero-order valence-corrected chi connectivity index (χ0v) is 19.4. The second-order valence-electron chi connectivity index (χ2n) is 6.40. The zero-order valence-electron chi connectivity index (χ0n) is 16.9. The molecular formula is C18H20N4O7S3. The van der Waals surface area contributed by atoms with Crippen LogP contribution in [0.2, 0.25) is 0 Å². The first kappa shape index (κ1) is 25.5. The molecule has 0 saturated carbocycles. The van der Waals surface area contributed by atoms with E-state index in [1.807, 2.05) is 42.5 Å². The number of anilines is 1. The number of nitrogens with zero attached hydrogens (tertiary/aromatic N) is 3. The fourth-order valence-electron chi connectivity index (χ4n) is 2.50. The van der Waals surface area contributed by atoms with Crippen LogP contribution >= 0.6 is 11.3 Å². The molecule has 0 atom stereocenters. The number of benzene rings is 1. The first-order chi connectivity index (χ1) is 14.8. The number of carbonyl (C=O) groups is 1. The first-order valence-corrected chi connectivity index (χ1v) is 12.5. The van der Waals surface area contributed by atoms with Gasteiger partial charge in [-0.1, -0.05) is 41.7 Å². The van der Waals surface area contributed by atoms with Crippen LogP contribution in [0.15, 0.2) is 52.9 Å². The first-order valence-electron chi connectivity index (χ1n) is 8.72. The van der Waals surface area contributed by atoms with E-state index in [4.69, 9.17) is 22.7 Å². The van der Waals surface area contributed by atoms with E-state index in [0.29, 0.717) is 5.13 Å². The van der Waals surface area contributed by atoms with Crippen molar-refractivity contribution < 1.29 is 30.7 Å². The molecule has 0 aliphatic heterocycles. The van der Waals surface area contributed by atoms with Gasteiger partial charge in [0.2, 0.25) is 15.9 Å². The highest BCUT2D eigenvalue weighted by atomic mass is 32.3. The lowest BCUT2D eigenvalue weighted by molar-refractivity contribution is -0.117. The van der Waals surface area contributed by atoms with Crippen molar-refractivity contribution in [2.75, 3.05) is 11.9 Å². The molecule has 0 bridgehead atoms. The molecule has 0 fully saturated rings. The Hall–Kier alpha value is -2.75. The van der Waals surface area contributed by atoms with Crippen LogP contribution in [0.4, 0.5) is 5.13 Å². The molecule has 2 aromatic heterocycles. The van der Waals surface area contributed by atoms with Crippen LogP contribution < -0.4 is 10.0 Å². The van der Waals surface area contributed by atoms with Crippen molar-refractivity contribution in [1.29, 1.82) is 0 Å². The average molecular weight is 501 g/mol. The van der Waals surface area contributed by atoms with Crippen molar-refractivity contribution in [2.45, 2.75) is 17.6 Å². The van der Waals surface area contributed by atoms with Crippen molar-refractivity contribution in [3.05, 3.63) is 59.9 Å². The summed E-state index contributed by atoms with van der Waals surface area (Å²) in [5.41, 5.74) is 2.96. The normalized spacial score (nSPS) is 11.4. The fourth-order valence-corrected chi connectivity index (χ4v) is 4.43. The molecule has 14 heteroatoms. The Balaban J connectivity index is 0.000000654. The van der Waals surface area contributed by atoms with E-state index in [1.54, 1.807) is 20.2 Å². The van der Waals surface area contributed by atoms with Crippen LogP contribution in [0, 0.1) is 6.92 Å². The van der Waals surface area contributed by atoms with Crippen LogP contribution in [-0.2, 0) is 31.6 Å². The minimum absolute atomic E-state index is 0.0307. The number of thiazole rings is 1. The van der Waals surface area contributed by atoms with Crippen molar-refractivity contribution in [3.63, 3.8) is 0 Å². The van der Waals surface area contributed by atoms with Crippen molar-refractivity contribution in [1.82, 2.24) is 9.97 Å². The predicted molar refractivity (Wildman–Crippen MR) is 119 cm³/mol. The van der Waals surface area contributed by atoms with Crippen LogP contribution in [0.1, 0.15) is 11.3 Å². The smallest absolute Gasteiger partial charge is 0.291 e. The lowest BCUT2D eigenvalue weighted by Gasteiger charge is -2.13. The third kappa shape index (κ3) is 7.74. The largest absolute Gasteiger partial charge is 0.394 e. The maximum Gasteiger partial charge on any atom is 0.394 e. The van der Waals surface area contributed by atoms with E-state index >= 15 is 0 Å². The maximum absolute atomic E-state index is 12.5. The third-order valence-electron chi connectivity index (χ3n) is 3.93. The zero-order chi connectivity index (χ0) is 24.1. The average Bonchev–Trinajstić information content (AvgIpc) is 3.09. The lowest BCUT2D eigenvalue weighted by Crippen LogP contribution is -2.27. The van der Waals surface area contributed by atoms with Crippen molar-refractivity contribution in [2.24, 2.45) is 5.14 Å².